The summed E-state index contributed by atoms with van der Waals surface area (Å²) in [4.78, 5) is 27.3. The number of amides is 1. The minimum absolute atomic E-state index is 0.236. The second-order valence-electron chi connectivity index (χ2n) is 5.19. The first-order chi connectivity index (χ1) is 10.1. The van der Waals surface area contributed by atoms with E-state index in [1.807, 2.05) is 30.3 Å². The van der Waals surface area contributed by atoms with E-state index in [4.69, 9.17) is 5.53 Å². The summed E-state index contributed by atoms with van der Waals surface area (Å²) < 4.78 is 0. The maximum Gasteiger partial charge on any atom is 0.407 e. The van der Waals surface area contributed by atoms with Crippen LogP contribution in [0.3, 0.4) is 0 Å². The van der Waals surface area contributed by atoms with E-state index in [1.165, 1.54) is 4.90 Å². The fraction of sp³-hybridized carbons (Fsp3) is 0.400. The second kappa shape index (κ2) is 6.81. The van der Waals surface area contributed by atoms with Crippen molar-refractivity contribution in [3.8, 4) is 0 Å². The van der Waals surface area contributed by atoms with Crippen LogP contribution in [0.5, 0.6) is 0 Å². The van der Waals surface area contributed by atoms with E-state index in [0.29, 0.717) is 25.8 Å². The summed E-state index contributed by atoms with van der Waals surface area (Å²) in [5.74, 6) is -0.536. The Balaban J connectivity index is 2.13. The van der Waals surface area contributed by atoms with Crippen molar-refractivity contribution in [1.29, 1.82) is 0 Å². The Morgan fingerprint density at radius 1 is 1.38 bits per heavy atom. The monoisotopic (exact) mass is 287 g/mol. The van der Waals surface area contributed by atoms with E-state index in [1.54, 1.807) is 0 Å². The molecular weight excluding hydrogens is 270 g/mol. The summed E-state index contributed by atoms with van der Waals surface area (Å²) in [5.41, 5.74) is 9.49. The average molecular weight is 287 g/mol. The molecule has 2 unspecified atom stereocenters. The molecule has 0 aromatic heterocycles. The number of carbonyl (C=O) groups is 2. The van der Waals surface area contributed by atoms with Crippen molar-refractivity contribution in [1.82, 2.24) is 4.90 Å². The summed E-state index contributed by atoms with van der Waals surface area (Å²) >= 11 is 0. The fourth-order valence-corrected chi connectivity index (χ4v) is 2.80. The molecule has 0 radical (unpaired) electrons. The van der Waals surface area contributed by atoms with Crippen LogP contribution in [0.2, 0.25) is 0 Å². The number of carbonyl (C=O) groups excluding carboxylic acids is 1. The van der Waals surface area contributed by atoms with Gasteiger partial charge in [-0.1, -0.05) is 30.3 Å². The molecule has 21 heavy (non-hydrogen) atoms. The van der Waals surface area contributed by atoms with Crippen LogP contribution in [-0.2, 0) is 11.2 Å². The number of carboxylic acid groups (broad SMARTS) is 1. The van der Waals surface area contributed by atoms with Crippen molar-refractivity contribution in [3.63, 3.8) is 0 Å². The molecule has 1 heterocycles. The van der Waals surface area contributed by atoms with E-state index in [-0.39, 0.29) is 17.7 Å². The third kappa shape index (κ3) is 3.77. The lowest BCUT2D eigenvalue weighted by atomic mass is 9.85. The third-order valence-electron chi connectivity index (χ3n) is 3.86. The highest BCUT2D eigenvalue weighted by atomic mass is 16.4. The van der Waals surface area contributed by atoms with Crippen LogP contribution in [0.25, 0.3) is 5.53 Å². The predicted molar refractivity (Wildman–Crippen MR) is 76.1 cm³/mol. The largest absolute Gasteiger partial charge is 0.465 e. The van der Waals surface area contributed by atoms with E-state index in [0.717, 1.165) is 11.8 Å². The quantitative estimate of drug-likeness (QED) is 0.520. The highest BCUT2D eigenvalue weighted by Crippen LogP contribution is 2.26. The zero-order chi connectivity index (χ0) is 15.2. The minimum atomic E-state index is -0.961. The topological polar surface area (TPSA) is 94.0 Å². The van der Waals surface area contributed by atoms with Gasteiger partial charge in [0.05, 0.1) is 0 Å². The summed E-state index contributed by atoms with van der Waals surface area (Å²) in [6.45, 7) is 0.322. The Morgan fingerprint density at radius 3 is 2.71 bits per heavy atom. The summed E-state index contributed by atoms with van der Waals surface area (Å²) in [7, 11) is 0. The molecule has 0 spiro atoms. The van der Waals surface area contributed by atoms with Crippen LogP contribution >= 0.6 is 0 Å². The van der Waals surface area contributed by atoms with Crippen molar-refractivity contribution < 1.29 is 19.5 Å². The minimum Gasteiger partial charge on any atom is -0.465 e. The highest BCUT2D eigenvalue weighted by molar-refractivity contribution is 6.26. The first kappa shape index (κ1) is 14.9. The summed E-state index contributed by atoms with van der Waals surface area (Å²) in [5, 5.41) is 9.29. The van der Waals surface area contributed by atoms with Crippen LogP contribution in [0.1, 0.15) is 18.4 Å². The SMILES string of the molecule is [N-]=[N+]=CC(=O)C1CCN(C(=O)O)C(Cc2ccccc2)C1. The van der Waals surface area contributed by atoms with Crippen molar-refractivity contribution in [2.75, 3.05) is 6.54 Å². The van der Waals surface area contributed by atoms with Gasteiger partial charge in [-0.15, -0.1) is 0 Å². The molecule has 0 bridgehead atoms. The Kier molecular flexibility index (Phi) is 4.85. The van der Waals surface area contributed by atoms with Gasteiger partial charge in [-0.2, -0.15) is 4.79 Å². The van der Waals surface area contributed by atoms with Crippen molar-refractivity contribution in [2.45, 2.75) is 25.3 Å². The van der Waals surface area contributed by atoms with Gasteiger partial charge in [0.15, 0.2) is 0 Å². The molecule has 1 aromatic rings. The molecule has 1 amide bonds. The number of Topliss-reactive ketones (excluding diaryl/α,β-unsaturated/α-hetero) is 1. The molecule has 1 N–H and O–H groups in total. The van der Waals surface area contributed by atoms with E-state index in [9.17, 15) is 14.7 Å². The molecule has 1 aliphatic heterocycles. The van der Waals surface area contributed by atoms with Crippen LogP contribution in [0.4, 0.5) is 4.79 Å². The molecule has 6 heteroatoms. The van der Waals surface area contributed by atoms with Crippen LogP contribution in [-0.4, -0.2) is 45.5 Å². The van der Waals surface area contributed by atoms with Gasteiger partial charge < -0.3 is 15.5 Å². The van der Waals surface area contributed by atoms with Crippen LogP contribution in [0, 0.1) is 5.92 Å². The van der Waals surface area contributed by atoms with Crippen LogP contribution in [0.15, 0.2) is 30.3 Å². The molecule has 0 aliphatic carbocycles. The molecule has 1 fully saturated rings. The van der Waals surface area contributed by atoms with Gasteiger partial charge in [0.1, 0.15) is 0 Å². The molecule has 110 valence electrons. The normalized spacial score (nSPS) is 21.4. The standard InChI is InChI=1S/C15H17N3O3/c16-17-10-14(19)12-6-7-18(15(20)21)13(9-12)8-11-4-2-1-3-5-11/h1-5,10,12-13H,6-9H2,(H,20,21). The van der Waals surface area contributed by atoms with Crippen molar-refractivity contribution in [3.05, 3.63) is 41.4 Å². The zero-order valence-electron chi connectivity index (χ0n) is 11.6. The van der Waals surface area contributed by atoms with Gasteiger partial charge in [-0.25, -0.2) is 4.79 Å². The summed E-state index contributed by atoms with van der Waals surface area (Å²) in [6.07, 6.45) is 1.43. The molecule has 1 aliphatic rings. The Labute approximate surface area is 122 Å². The molecule has 2 atom stereocenters. The number of likely N-dealkylation sites (tertiary alicyclic amines) is 1. The molecular formula is C15H17N3O3. The number of piperidine rings is 1. The maximum absolute atomic E-state index is 11.8. The number of rotatable bonds is 4. The van der Waals surface area contributed by atoms with E-state index in [2.05, 4.69) is 4.79 Å². The fourth-order valence-electron chi connectivity index (χ4n) is 2.80. The molecule has 1 saturated heterocycles. The Bertz CT molecular complexity index is 567. The van der Waals surface area contributed by atoms with Gasteiger partial charge in [0.2, 0.25) is 5.78 Å². The highest BCUT2D eigenvalue weighted by Gasteiger charge is 2.35. The number of hydrogen-bond donors (Lipinski definition) is 1. The number of nitrogens with zero attached hydrogens (tertiary/aromatic N) is 3. The molecule has 2 rings (SSSR count). The van der Waals surface area contributed by atoms with E-state index >= 15 is 0 Å². The zero-order valence-corrected chi connectivity index (χ0v) is 11.6. The Hall–Kier alpha value is -2.46. The van der Waals surface area contributed by atoms with Gasteiger partial charge >= 0.3 is 12.3 Å². The smallest absolute Gasteiger partial charge is 0.407 e. The van der Waals surface area contributed by atoms with Crippen molar-refractivity contribution in [2.24, 2.45) is 5.92 Å². The predicted octanol–water partition coefficient (Wildman–Crippen LogP) is 1.86. The first-order valence-corrected chi connectivity index (χ1v) is 6.86. The number of hydrogen-bond acceptors (Lipinski definition) is 2. The number of benzene rings is 1. The molecule has 1 aromatic carbocycles. The lowest BCUT2D eigenvalue weighted by Gasteiger charge is -2.36. The van der Waals surface area contributed by atoms with Crippen molar-refractivity contribution >= 4 is 18.1 Å². The second-order valence-corrected chi connectivity index (χ2v) is 5.19. The lowest BCUT2D eigenvalue weighted by molar-refractivity contribution is -0.121. The van der Waals surface area contributed by atoms with Crippen LogP contribution < -0.4 is 0 Å². The number of ketones is 1. The molecule has 0 saturated carbocycles. The average Bonchev–Trinajstić information content (AvgIpc) is 2.48. The van der Waals surface area contributed by atoms with Gasteiger partial charge in [0, 0.05) is 18.5 Å². The van der Waals surface area contributed by atoms with E-state index < -0.39 is 6.09 Å². The Morgan fingerprint density at radius 2 is 2.10 bits per heavy atom. The van der Waals surface area contributed by atoms with Gasteiger partial charge in [-0.05, 0) is 24.8 Å². The van der Waals surface area contributed by atoms with Gasteiger partial charge in [-0.3, -0.25) is 4.79 Å². The first-order valence-electron chi connectivity index (χ1n) is 6.86. The summed E-state index contributed by atoms with van der Waals surface area (Å²) in [6, 6.07) is 9.37. The third-order valence-corrected chi connectivity index (χ3v) is 3.86. The lowest BCUT2D eigenvalue weighted by Crippen LogP contribution is -2.48. The molecule has 6 nitrogen and oxygen atoms in total. The maximum atomic E-state index is 11.8. The van der Waals surface area contributed by atoms with Gasteiger partial charge in [0.25, 0.3) is 0 Å².